The van der Waals surface area contributed by atoms with E-state index in [1.807, 2.05) is 6.92 Å². The smallest absolute Gasteiger partial charge is 0.126 e. The Morgan fingerprint density at radius 3 is 2.33 bits per heavy atom. The van der Waals surface area contributed by atoms with Crippen LogP contribution in [0.3, 0.4) is 0 Å². The largest absolute Gasteiger partial charge is 0.383 e. The van der Waals surface area contributed by atoms with Crippen LogP contribution < -0.4 is 5.32 Å². The van der Waals surface area contributed by atoms with E-state index < -0.39 is 11.6 Å². The molecule has 1 aromatic carbocycles. The lowest BCUT2D eigenvalue weighted by Gasteiger charge is -2.17. The predicted octanol–water partition coefficient (Wildman–Crippen LogP) is 2.26. The van der Waals surface area contributed by atoms with E-state index in [2.05, 4.69) is 5.32 Å². The fourth-order valence-electron chi connectivity index (χ4n) is 1.46. The molecule has 0 heterocycles. The van der Waals surface area contributed by atoms with E-state index in [1.165, 1.54) is 12.1 Å². The van der Waals surface area contributed by atoms with Gasteiger partial charge in [0.2, 0.25) is 0 Å². The van der Waals surface area contributed by atoms with Gasteiger partial charge < -0.3 is 10.1 Å². The molecule has 0 amide bonds. The highest BCUT2D eigenvalue weighted by atomic mass is 19.1. The first-order valence-corrected chi connectivity index (χ1v) is 4.85. The van der Waals surface area contributed by atoms with Gasteiger partial charge in [-0.15, -0.1) is 0 Å². The first kappa shape index (κ1) is 12.1. The number of benzene rings is 1. The number of nitrogens with one attached hydrogen (secondary N) is 1. The molecule has 84 valence electrons. The number of ether oxygens (including phenoxy) is 1. The van der Waals surface area contributed by atoms with Gasteiger partial charge in [-0.3, -0.25) is 0 Å². The van der Waals surface area contributed by atoms with Gasteiger partial charge in [0.1, 0.15) is 11.6 Å². The van der Waals surface area contributed by atoms with Crippen LogP contribution in [0.15, 0.2) is 18.2 Å². The van der Waals surface area contributed by atoms with Crippen LogP contribution in [0.5, 0.6) is 0 Å². The number of rotatable bonds is 5. The van der Waals surface area contributed by atoms with Crippen LogP contribution in [0.2, 0.25) is 0 Å². The molecule has 0 aliphatic heterocycles. The second-order valence-corrected chi connectivity index (χ2v) is 3.27. The summed E-state index contributed by atoms with van der Waals surface area (Å²) in [5, 5.41) is 3.10. The van der Waals surface area contributed by atoms with Gasteiger partial charge in [0.15, 0.2) is 0 Å². The molecule has 0 saturated carbocycles. The highest BCUT2D eigenvalue weighted by Gasteiger charge is 2.12. The van der Waals surface area contributed by atoms with Crippen LogP contribution in [0.25, 0.3) is 0 Å². The molecule has 15 heavy (non-hydrogen) atoms. The van der Waals surface area contributed by atoms with Crippen molar-refractivity contribution in [3.05, 3.63) is 35.4 Å². The first-order valence-electron chi connectivity index (χ1n) is 4.85. The molecule has 0 aliphatic rings. The lowest BCUT2D eigenvalue weighted by Crippen LogP contribution is -2.25. The monoisotopic (exact) mass is 215 g/mol. The fourth-order valence-corrected chi connectivity index (χ4v) is 1.46. The van der Waals surface area contributed by atoms with Crippen molar-refractivity contribution in [3.8, 4) is 0 Å². The quantitative estimate of drug-likeness (QED) is 0.813. The Morgan fingerprint density at radius 2 is 1.87 bits per heavy atom. The third-order valence-corrected chi connectivity index (χ3v) is 2.07. The van der Waals surface area contributed by atoms with Crippen molar-refractivity contribution in [2.75, 3.05) is 20.3 Å². The summed E-state index contributed by atoms with van der Waals surface area (Å²) < 4.78 is 30.9. The summed E-state index contributed by atoms with van der Waals surface area (Å²) >= 11 is 0. The summed E-state index contributed by atoms with van der Waals surface area (Å²) in [5.41, 5.74) is 0.566. The van der Waals surface area contributed by atoms with Crippen LogP contribution in [-0.4, -0.2) is 20.3 Å². The summed E-state index contributed by atoms with van der Waals surface area (Å²) in [4.78, 5) is 0. The minimum absolute atomic E-state index is 0.176. The van der Waals surface area contributed by atoms with E-state index in [4.69, 9.17) is 4.74 Å². The Labute approximate surface area is 88.3 Å². The molecule has 0 aliphatic carbocycles. The second kappa shape index (κ2) is 5.78. The molecule has 2 nitrogen and oxygen atoms in total. The second-order valence-electron chi connectivity index (χ2n) is 3.27. The van der Waals surface area contributed by atoms with E-state index in [-0.39, 0.29) is 6.04 Å². The Kier molecular flexibility index (Phi) is 4.65. The number of hydrogen-bond donors (Lipinski definition) is 1. The van der Waals surface area contributed by atoms with Crippen molar-refractivity contribution >= 4 is 0 Å². The van der Waals surface area contributed by atoms with E-state index in [0.717, 1.165) is 6.07 Å². The minimum Gasteiger partial charge on any atom is -0.383 e. The predicted molar refractivity (Wildman–Crippen MR) is 54.7 cm³/mol. The number of methoxy groups -OCH3 is 1. The molecule has 0 spiro atoms. The Hall–Kier alpha value is -1.00. The summed E-state index contributed by atoms with van der Waals surface area (Å²) in [6.45, 7) is 3.03. The molecule has 1 unspecified atom stereocenters. The van der Waals surface area contributed by atoms with Gasteiger partial charge in [0, 0.05) is 13.2 Å². The molecular formula is C11H15F2NO. The summed E-state index contributed by atoms with van der Waals surface area (Å²) in [6, 6.07) is 3.31. The summed E-state index contributed by atoms with van der Waals surface area (Å²) in [7, 11) is 1.56. The average molecular weight is 215 g/mol. The van der Waals surface area contributed by atoms with E-state index in [9.17, 15) is 8.78 Å². The normalized spacial score (nSPS) is 12.8. The van der Waals surface area contributed by atoms with E-state index in [1.54, 1.807) is 7.11 Å². The Bertz CT molecular complexity index is 291. The van der Waals surface area contributed by atoms with Gasteiger partial charge in [0.05, 0.1) is 12.6 Å². The van der Waals surface area contributed by atoms with Crippen molar-refractivity contribution in [1.82, 2.24) is 5.32 Å². The van der Waals surface area contributed by atoms with Crippen LogP contribution in [-0.2, 0) is 4.74 Å². The van der Waals surface area contributed by atoms with Gasteiger partial charge in [-0.25, -0.2) is 8.78 Å². The molecule has 1 rings (SSSR count). The molecule has 1 aromatic rings. The molecule has 0 radical (unpaired) electrons. The van der Waals surface area contributed by atoms with Crippen LogP contribution in [0, 0.1) is 11.6 Å². The minimum atomic E-state index is -0.566. The lowest BCUT2D eigenvalue weighted by atomic mass is 10.1. The number of hydrogen-bond acceptors (Lipinski definition) is 2. The number of likely N-dealkylation sites (N-methyl/N-ethyl adjacent to an activating group) is 1. The zero-order valence-corrected chi connectivity index (χ0v) is 8.89. The Morgan fingerprint density at radius 1 is 1.27 bits per heavy atom. The summed E-state index contributed by atoms with van der Waals surface area (Å²) in [6.07, 6.45) is 0. The summed E-state index contributed by atoms with van der Waals surface area (Å²) in [5.74, 6) is -1.13. The molecule has 1 N–H and O–H groups in total. The van der Waals surface area contributed by atoms with Crippen molar-refractivity contribution in [3.63, 3.8) is 0 Å². The third-order valence-electron chi connectivity index (χ3n) is 2.07. The van der Waals surface area contributed by atoms with Crippen LogP contribution in [0.4, 0.5) is 8.78 Å². The third kappa shape index (κ3) is 3.57. The van der Waals surface area contributed by atoms with Crippen molar-refractivity contribution < 1.29 is 13.5 Å². The highest BCUT2D eigenvalue weighted by Crippen LogP contribution is 2.16. The maximum atomic E-state index is 13.0. The zero-order chi connectivity index (χ0) is 11.3. The molecule has 0 saturated heterocycles. The van der Waals surface area contributed by atoms with Gasteiger partial charge in [-0.1, -0.05) is 6.92 Å². The molecule has 0 bridgehead atoms. The SMILES string of the molecule is CCNC(COC)c1cc(F)cc(F)c1. The maximum Gasteiger partial charge on any atom is 0.126 e. The van der Waals surface area contributed by atoms with Crippen molar-refractivity contribution in [2.24, 2.45) is 0 Å². The van der Waals surface area contributed by atoms with Gasteiger partial charge in [-0.05, 0) is 24.2 Å². The molecular weight excluding hydrogens is 200 g/mol. The molecule has 0 fully saturated rings. The Balaban J connectivity index is 2.88. The maximum absolute atomic E-state index is 13.0. The standard InChI is InChI=1S/C11H15F2NO/c1-3-14-11(7-15-2)8-4-9(12)6-10(13)5-8/h4-6,11,14H,3,7H2,1-2H3. The fraction of sp³-hybridized carbons (Fsp3) is 0.455. The van der Waals surface area contributed by atoms with Crippen molar-refractivity contribution in [1.29, 1.82) is 0 Å². The van der Waals surface area contributed by atoms with E-state index in [0.29, 0.717) is 18.7 Å². The van der Waals surface area contributed by atoms with Gasteiger partial charge >= 0.3 is 0 Å². The van der Waals surface area contributed by atoms with Crippen molar-refractivity contribution in [2.45, 2.75) is 13.0 Å². The van der Waals surface area contributed by atoms with E-state index >= 15 is 0 Å². The zero-order valence-electron chi connectivity index (χ0n) is 8.89. The number of halogens is 2. The van der Waals surface area contributed by atoms with Gasteiger partial charge in [-0.2, -0.15) is 0 Å². The van der Waals surface area contributed by atoms with Crippen LogP contribution >= 0.6 is 0 Å². The topological polar surface area (TPSA) is 21.3 Å². The lowest BCUT2D eigenvalue weighted by molar-refractivity contribution is 0.167. The van der Waals surface area contributed by atoms with Crippen LogP contribution in [0.1, 0.15) is 18.5 Å². The molecule has 0 aromatic heterocycles. The molecule has 1 atom stereocenters. The molecule has 4 heteroatoms. The first-order chi connectivity index (χ1) is 7.17. The van der Waals surface area contributed by atoms with Gasteiger partial charge in [0.25, 0.3) is 0 Å². The average Bonchev–Trinajstić information content (AvgIpc) is 2.16. The highest BCUT2D eigenvalue weighted by molar-refractivity contribution is 5.21.